The van der Waals surface area contributed by atoms with Crippen molar-refractivity contribution < 1.29 is 14.3 Å². The van der Waals surface area contributed by atoms with Gasteiger partial charge in [-0.1, -0.05) is 48.0 Å². The van der Waals surface area contributed by atoms with Crippen LogP contribution in [0.1, 0.15) is 29.3 Å². The first-order chi connectivity index (χ1) is 14.0. The molecule has 0 saturated carbocycles. The van der Waals surface area contributed by atoms with Crippen molar-refractivity contribution in [2.75, 3.05) is 6.61 Å². The molecule has 0 saturated heterocycles. The van der Waals surface area contributed by atoms with E-state index < -0.39 is 0 Å². The van der Waals surface area contributed by atoms with Gasteiger partial charge >= 0.3 is 5.97 Å². The lowest BCUT2D eigenvalue weighted by molar-refractivity contribution is -0.143. The predicted molar refractivity (Wildman–Crippen MR) is 114 cm³/mol. The number of hydrogen-bond acceptors (Lipinski definition) is 4. The molecular weight excluding hydrogens is 366 g/mol. The zero-order valence-corrected chi connectivity index (χ0v) is 16.9. The number of esters is 1. The van der Waals surface area contributed by atoms with Crippen molar-refractivity contribution in [2.24, 2.45) is 5.10 Å². The van der Waals surface area contributed by atoms with Crippen LogP contribution < -0.4 is 5.43 Å². The van der Waals surface area contributed by atoms with Gasteiger partial charge in [-0.05, 0) is 32.4 Å². The number of hydrazone groups is 1. The molecule has 1 N–H and O–H groups in total. The molecule has 0 aliphatic rings. The number of hydrogen-bond donors (Lipinski definition) is 1. The number of para-hydroxylation sites is 1. The van der Waals surface area contributed by atoms with E-state index >= 15 is 0 Å². The second-order valence-corrected chi connectivity index (χ2v) is 6.86. The van der Waals surface area contributed by atoms with Gasteiger partial charge in [0.25, 0.3) is 0 Å². The molecule has 0 radical (unpaired) electrons. The maximum atomic E-state index is 12.2. The van der Waals surface area contributed by atoms with Gasteiger partial charge in [-0.15, -0.1) is 0 Å². The second-order valence-electron chi connectivity index (χ2n) is 6.86. The highest BCUT2D eigenvalue weighted by molar-refractivity contribution is 6.01. The van der Waals surface area contributed by atoms with Crippen molar-refractivity contribution in [3.05, 3.63) is 70.9 Å². The molecule has 0 aliphatic heterocycles. The maximum Gasteiger partial charge on any atom is 0.325 e. The summed E-state index contributed by atoms with van der Waals surface area (Å²) >= 11 is 0. The maximum absolute atomic E-state index is 12.2. The zero-order chi connectivity index (χ0) is 20.8. The van der Waals surface area contributed by atoms with Crippen molar-refractivity contribution in [1.29, 1.82) is 0 Å². The van der Waals surface area contributed by atoms with Crippen LogP contribution in [0.3, 0.4) is 0 Å². The topological polar surface area (TPSA) is 72.7 Å². The van der Waals surface area contributed by atoms with Crippen LogP contribution in [0.5, 0.6) is 0 Å². The Morgan fingerprint density at radius 1 is 1.10 bits per heavy atom. The van der Waals surface area contributed by atoms with E-state index in [9.17, 15) is 9.59 Å². The number of carbonyl (C=O) groups is 2. The summed E-state index contributed by atoms with van der Waals surface area (Å²) in [5.41, 5.74) is 7.34. The summed E-state index contributed by atoms with van der Waals surface area (Å²) in [4.78, 5) is 24.1. The number of nitrogens with one attached hydrogen (secondary N) is 1. The van der Waals surface area contributed by atoms with Crippen molar-refractivity contribution in [3.8, 4) is 0 Å². The minimum absolute atomic E-state index is 0.133. The van der Waals surface area contributed by atoms with Crippen LogP contribution in [0.2, 0.25) is 0 Å². The number of ether oxygens (including phenoxy) is 1. The molecule has 29 heavy (non-hydrogen) atoms. The van der Waals surface area contributed by atoms with Gasteiger partial charge in [0.1, 0.15) is 6.54 Å². The normalized spacial score (nSPS) is 11.1. The monoisotopic (exact) mass is 391 g/mol. The number of fused-ring (bicyclic) bond motifs is 1. The average molecular weight is 391 g/mol. The van der Waals surface area contributed by atoms with Gasteiger partial charge in [-0.2, -0.15) is 5.10 Å². The Hall–Kier alpha value is -3.41. The minimum Gasteiger partial charge on any atom is -0.465 e. The molecule has 0 aliphatic carbocycles. The van der Waals surface area contributed by atoms with Crippen LogP contribution in [0, 0.1) is 13.8 Å². The fourth-order valence-corrected chi connectivity index (χ4v) is 3.26. The Kier molecular flexibility index (Phi) is 6.44. The number of aromatic nitrogens is 1. The summed E-state index contributed by atoms with van der Waals surface area (Å²) in [6.07, 6.45) is 1.90. The van der Waals surface area contributed by atoms with E-state index in [-0.39, 0.29) is 24.8 Å². The molecule has 2 aromatic carbocycles. The fourth-order valence-electron chi connectivity index (χ4n) is 3.26. The third-order valence-electron chi connectivity index (χ3n) is 4.74. The smallest absolute Gasteiger partial charge is 0.325 e. The van der Waals surface area contributed by atoms with E-state index in [1.807, 2.05) is 66.9 Å². The van der Waals surface area contributed by atoms with Crippen LogP contribution >= 0.6 is 0 Å². The van der Waals surface area contributed by atoms with Gasteiger partial charge in [-0.25, -0.2) is 5.43 Å². The lowest BCUT2D eigenvalue weighted by Crippen LogP contribution is -2.19. The van der Waals surface area contributed by atoms with Crippen molar-refractivity contribution in [3.63, 3.8) is 0 Å². The number of aryl methyl sites for hydroxylation is 1. The lowest BCUT2D eigenvalue weighted by atomic mass is 10.1. The Morgan fingerprint density at radius 2 is 1.83 bits per heavy atom. The number of rotatable bonds is 7. The Bertz CT molecular complexity index is 1050. The first-order valence-electron chi connectivity index (χ1n) is 9.60. The van der Waals surface area contributed by atoms with Gasteiger partial charge in [0, 0.05) is 22.2 Å². The van der Waals surface area contributed by atoms with E-state index in [0.29, 0.717) is 6.61 Å². The molecule has 3 rings (SSSR count). The minimum atomic E-state index is -0.286. The third-order valence-corrected chi connectivity index (χ3v) is 4.74. The molecule has 3 aromatic rings. The second kappa shape index (κ2) is 9.19. The summed E-state index contributed by atoms with van der Waals surface area (Å²) in [7, 11) is 0. The average Bonchev–Trinajstić information content (AvgIpc) is 2.96. The van der Waals surface area contributed by atoms with Gasteiger partial charge in [0.2, 0.25) is 5.91 Å². The molecule has 0 bridgehead atoms. The number of benzene rings is 2. The van der Waals surface area contributed by atoms with Crippen LogP contribution in [-0.2, 0) is 27.3 Å². The van der Waals surface area contributed by atoms with Crippen molar-refractivity contribution >= 4 is 29.0 Å². The molecule has 1 amide bonds. The molecule has 6 nitrogen and oxygen atoms in total. The Morgan fingerprint density at radius 3 is 2.55 bits per heavy atom. The molecule has 0 atom stereocenters. The fraction of sp³-hybridized carbons (Fsp3) is 0.261. The number of nitrogens with zero attached hydrogens (tertiary/aromatic N) is 2. The molecule has 0 unspecified atom stereocenters. The Labute approximate surface area is 170 Å². The highest BCUT2D eigenvalue weighted by atomic mass is 16.5. The molecule has 150 valence electrons. The lowest BCUT2D eigenvalue weighted by Gasteiger charge is -2.07. The van der Waals surface area contributed by atoms with Gasteiger partial charge in [0.05, 0.1) is 19.2 Å². The standard InChI is InChI=1S/C23H25N3O3/c1-4-29-23(28)15-26-17(3)20(19-7-5-6-8-21(19)26)14-24-25-22(27)13-18-11-9-16(2)10-12-18/h5-12,14H,4,13,15H2,1-3H3,(H,25,27). The van der Waals surface area contributed by atoms with E-state index in [1.54, 1.807) is 13.1 Å². The van der Waals surface area contributed by atoms with Gasteiger partial charge < -0.3 is 9.30 Å². The Balaban J connectivity index is 1.77. The summed E-state index contributed by atoms with van der Waals surface area (Å²) in [6.45, 7) is 6.20. The quantitative estimate of drug-likeness (QED) is 0.381. The number of amides is 1. The third kappa shape index (κ3) is 4.90. The van der Waals surface area contributed by atoms with Gasteiger partial charge in [0.15, 0.2) is 0 Å². The molecule has 1 heterocycles. The van der Waals surface area contributed by atoms with Crippen molar-refractivity contribution in [2.45, 2.75) is 33.7 Å². The highest BCUT2D eigenvalue weighted by Crippen LogP contribution is 2.24. The molecule has 0 fully saturated rings. The van der Waals surface area contributed by atoms with E-state index in [1.165, 1.54) is 0 Å². The van der Waals surface area contributed by atoms with Crippen LogP contribution in [0.15, 0.2) is 53.6 Å². The van der Waals surface area contributed by atoms with E-state index in [0.717, 1.165) is 33.3 Å². The van der Waals surface area contributed by atoms with Crippen LogP contribution in [-0.4, -0.2) is 29.3 Å². The first kappa shape index (κ1) is 20.3. The van der Waals surface area contributed by atoms with E-state index in [2.05, 4.69) is 10.5 Å². The summed E-state index contributed by atoms with van der Waals surface area (Å²) in [6, 6.07) is 15.6. The molecular formula is C23H25N3O3. The van der Waals surface area contributed by atoms with Crippen LogP contribution in [0.25, 0.3) is 10.9 Å². The molecule has 6 heteroatoms. The molecule has 1 aromatic heterocycles. The zero-order valence-electron chi connectivity index (χ0n) is 16.9. The SMILES string of the molecule is CCOC(=O)Cn1c(C)c(C=NNC(=O)Cc2ccc(C)cc2)c2ccccc21. The molecule has 0 spiro atoms. The summed E-state index contributed by atoms with van der Waals surface area (Å²) < 4.78 is 6.99. The highest BCUT2D eigenvalue weighted by Gasteiger charge is 2.15. The van der Waals surface area contributed by atoms with Gasteiger partial charge in [-0.3, -0.25) is 9.59 Å². The largest absolute Gasteiger partial charge is 0.465 e. The van der Waals surface area contributed by atoms with Crippen molar-refractivity contribution in [1.82, 2.24) is 9.99 Å². The predicted octanol–water partition coefficient (Wildman–Crippen LogP) is 3.51. The number of carbonyl (C=O) groups excluding carboxylic acids is 2. The van der Waals surface area contributed by atoms with Crippen LogP contribution in [0.4, 0.5) is 0 Å². The summed E-state index contributed by atoms with van der Waals surface area (Å²) in [5.74, 6) is -0.468. The van der Waals surface area contributed by atoms with E-state index in [4.69, 9.17) is 4.74 Å². The summed E-state index contributed by atoms with van der Waals surface area (Å²) in [5, 5.41) is 5.10. The first-order valence-corrected chi connectivity index (χ1v) is 9.60.